The molecule has 21 heavy (non-hydrogen) atoms. The molecule has 0 unspecified atom stereocenters. The van der Waals surface area contributed by atoms with Crippen LogP contribution in [0.5, 0.6) is 0 Å². The van der Waals surface area contributed by atoms with Crippen LogP contribution in [0.4, 0.5) is 0 Å². The van der Waals surface area contributed by atoms with Crippen molar-refractivity contribution in [2.24, 2.45) is 0 Å². The summed E-state index contributed by atoms with van der Waals surface area (Å²) < 4.78 is 0. The van der Waals surface area contributed by atoms with E-state index in [2.05, 4.69) is 24.1 Å². The fourth-order valence-corrected chi connectivity index (χ4v) is 3.19. The molecule has 0 aliphatic carbocycles. The van der Waals surface area contributed by atoms with Crippen molar-refractivity contribution in [1.82, 2.24) is 15.2 Å². The van der Waals surface area contributed by atoms with Crippen LogP contribution in [0.3, 0.4) is 0 Å². The third kappa shape index (κ3) is 2.74. The largest absolute Gasteiger partial charge is 0.335 e. The number of carbonyl (C=O) groups is 1. The molecule has 0 saturated carbocycles. The maximum absolute atomic E-state index is 12.8. The number of aromatic nitrogens is 1. The van der Waals surface area contributed by atoms with E-state index in [0.29, 0.717) is 41.3 Å². The van der Waals surface area contributed by atoms with E-state index in [4.69, 9.17) is 11.6 Å². The van der Waals surface area contributed by atoms with Crippen molar-refractivity contribution in [2.45, 2.75) is 25.9 Å². The lowest BCUT2D eigenvalue weighted by molar-refractivity contribution is 0.0675. The number of carbonyl (C=O) groups excluding carboxylic acids is 1. The molecular formula is C16H18ClN3O. The van der Waals surface area contributed by atoms with Crippen LogP contribution < -0.4 is 5.32 Å². The van der Waals surface area contributed by atoms with Gasteiger partial charge in [0.1, 0.15) is 0 Å². The van der Waals surface area contributed by atoms with Crippen molar-refractivity contribution in [3.8, 4) is 0 Å². The Balaban J connectivity index is 2.00. The fraction of sp³-hybridized carbons (Fsp3) is 0.375. The Kier molecular flexibility index (Phi) is 3.83. The number of halogens is 1. The van der Waals surface area contributed by atoms with E-state index < -0.39 is 0 Å². The van der Waals surface area contributed by atoms with Gasteiger partial charge in [-0.3, -0.25) is 9.78 Å². The number of pyridine rings is 1. The fourth-order valence-electron chi connectivity index (χ4n) is 2.97. The highest BCUT2D eigenvalue weighted by molar-refractivity contribution is 6.36. The van der Waals surface area contributed by atoms with Crippen molar-refractivity contribution < 1.29 is 4.79 Å². The number of rotatable bonds is 1. The molecule has 1 saturated heterocycles. The van der Waals surface area contributed by atoms with E-state index in [9.17, 15) is 4.79 Å². The molecule has 4 nitrogen and oxygen atoms in total. The van der Waals surface area contributed by atoms with Gasteiger partial charge >= 0.3 is 0 Å². The van der Waals surface area contributed by atoms with Gasteiger partial charge in [-0.2, -0.15) is 0 Å². The molecule has 110 valence electrons. The van der Waals surface area contributed by atoms with Crippen molar-refractivity contribution in [2.75, 3.05) is 13.1 Å². The molecule has 0 spiro atoms. The normalized spacial score (nSPS) is 22.5. The lowest BCUT2D eigenvalue weighted by atomic mass is 10.1. The first-order valence-corrected chi connectivity index (χ1v) is 7.52. The molecular weight excluding hydrogens is 286 g/mol. The molecule has 1 aliphatic heterocycles. The van der Waals surface area contributed by atoms with E-state index in [-0.39, 0.29) is 5.91 Å². The molecule has 1 amide bonds. The number of hydrogen-bond donors (Lipinski definition) is 1. The Morgan fingerprint density at radius 3 is 2.71 bits per heavy atom. The SMILES string of the molecule is C[C@H]1CN(C(=O)c2ccc(Cl)c3cccnc23)C[C@H](C)N1. The Morgan fingerprint density at radius 2 is 2.00 bits per heavy atom. The summed E-state index contributed by atoms with van der Waals surface area (Å²) in [5.74, 6) is 0.0237. The summed E-state index contributed by atoms with van der Waals surface area (Å²) in [4.78, 5) is 19.1. The quantitative estimate of drug-likeness (QED) is 0.881. The molecule has 2 aromatic rings. The van der Waals surface area contributed by atoms with Crippen LogP contribution >= 0.6 is 11.6 Å². The highest BCUT2D eigenvalue weighted by Crippen LogP contribution is 2.26. The van der Waals surface area contributed by atoms with Crippen molar-refractivity contribution in [3.05, 3.63) is 41.0 Å². The molecule has 2 heterocycles. The highest BCUT2D eigenvalue weighted by atomic mass is 35.5. The van der Waals surface area contributed by atoms with Gasteiger partial charge < -0.3 is 10.2 Å². The second-order valence-electron chi connectivity index (χ2n) is 5.67. The number of hydrogen-bond acceptors (Lipinski definition) is 3. The molecule has 0 radical (unpaired) electrons. The molecule has 0 bridgehead atoms. The second-order valence-corrected chi connectivity index (χ2v) is 6.08. The van der Waals surface area contributed by atoms with Gasteiger partial charge in [0.2, 0.25) is 0 Å². The zero-order valence-corrected chi connectivity index (χ0v) is 12.9. The van der Waals surface area contributed by atoms with Gasteiger partial charge in [-0.15, -0.1) is 0 Å². The highest BCUT2D eigenvalue weighted by Gasteiger charge is 2.26. The number of piperazine rings is 1. The van der Waals surface area contributed by atoms with E-state index in [1.165, 1.54) is 0 Å². The average Bonchev–Trinajstić information content (AvgIpc) is 2.46. The second kappa shape index (κ2) is 5.62. The average molecular weight is 304 g/mol. The topological polar surface area (TPSA) is 45.2 Å². The molecule has 1 aromatic carbocycles. The molecule has 1 aliphatic rings. The van der Waals surface area contributed by atoms with Gasteiger partial charge in [0.05, 0.1) is 16.1 Å². The van der Waals surface area contributed by atoms with Gasteiger partial charge in [0.25, 0.3) is 5.91 Å². The Bertz CT molecular complexity index is 678. The van der Waals surface area contributed by atoms with Crippen molar-refractivity contribution in [1.29, 1.82) is 0 Å². The van der Waals surface area contributed by atoms with Gasteiger partial charge in [0, 0.05) is 36.8 Å². The lowest BCUT2D eigenvalue weighted by Gasteiger charge is -2.36. The van der Waals surface area contributed by atoms with Crippen LogP contribution in [0.25, 0.3) is 10.9 Å². The Labute approximate surface area is 129 Å². The van der Waals surface area contributed by atoms with E-state index in [0.717, 1.165) is 5.39 Å². The molecule has 1 N–H and O–H groups in total. The van der Waals surface area contributed by atoms with Crippen LogP contribution in [0.15, 0.2) is 30.5 Å². The summed E-state index contributed by atoms with van der Waals surface area (Å²) in [6.07, 6.45) is 1.69. The Morgan fingerprint density at radius 1 is 1.29 bits per heavy atom. The van der Waals surface area contributed by atoms with Crippen LogP contribution in [-0.2, 0) is 0 Å². The number of fused-ring (bicyclic) bond motifs is 1. The first kappa shape index (κ1) is 14.3. The standard InChI is InChI=1S/C16H18ClN3O/c1-10-8-20(9-11(2)19-10)16(21)13-5-6-14(17)12-4-3-7-18-15(12)13/h3-7,10-11,19H,8-9H2,1-2H3/t10-,11-/m0/s1. The van der Waals surface area contributed by atoms with E-state index in [1.807, 2.05) is 17.0 Å². The molecule has 3 rings (SSSR count). The van der Waals surface area contributed by atoms with Gasteiger partial charge in [0.15, 0.2) is 0 Å². The minimum atomic E-state index is 0.0237. The first-order valence-electron chi connectivity index (χ1n) is 7.15. The summed E-state index contributed by atoms with van der Waals surface area (Å²) in [6, 6.07) is 7.86. The number of amides is 1. The predicted molar refractivity (Wildman–Crippen MR) is 84.7 cm³/mol. The third-order valence-electron chi connectivity index (χ3n) is 3.79. The van der Waals surface area contributed by atoms with Crippen LogP contribution in [0.2, 0.25) is 5.02 Å². The molecule has 1 fully saturated rings. The molecule has 1 aromatic heterocycles. The maximum Gasteiger partial charge on any atom is 0.256 e. The zero-order valence-electron chi connectivity index (χ0n) is 12.1. The molecule has 2 atom stereocenters. The minimum absolute atomic E-state index is 0.0237. The monoisotopic (exact) mass is 303 g/mol. The van der Waals surface area contributed by atoms with Gasteiger partial charge in [-0.05, 0) is 38.1 Å². The summed E-state index contributed by atoms with van der Waals surface area (Å²) in [5.41, 5.74) is 1.30. The zero-order chi connectivity index (χ0) is 15.0. The van der Waals surface area contributed by atoms with Crippen molar-refractivity contribution in [3.63, 3.8) is 0 Å². The maximum atomic E-state index is 12.8. The molecule has 5 heteroatoms. The van der Waals surface area contributed by atoms with Crippen LogP contribution in [0, 0.1) is 0 Å². The van der Waals surface area contributed by atoms with Crippen molar-refractivity contribution >= 4 is 28.4 Å². The lowest BCUT2D eigenvalue weighted by Crippen LogP contribution is -2.55. The van der Waals surface area contributed by atoms with Gasteiger partial charge in [-0.25, -0.2) is 0 Å². The van der Waals surface area contributed by atoms with Gasteiger partial charge in [-0.1, -0.05) is 11.6 Å². The van der Waals surface area contributed by atoms with E-state index in [1.54, 1.807) is 18.3 Å². The minimum Gasteiger partial charge on any atom is -0.335 e. The van der Waals surface area contributed by atoms with E-state index >= 15 is 0 Å². The van der Waals surface area contributed by atoms with Crippen LogP contribution in [0.1, 0.15) is 24.2 Å². The number of nitrogens with one attached hydrogen (secondary N) is 1. The summed E-state index contributed by atoms with van der Waals surface area (Å²) >= 11 is 6.19. The summed E-state index contributed by atoms with van der Waals surface area (Å²) in [6.45, 7) is 5.60. The number of nitrogens with zero attached hydrogens (tertiary/aromatic N) is 2. The predicted octanol–water partition coefficient (Wildman–Crippen LogP) is 2.71. The smallest absolute Gasteiger partial charge is 0.256 e. The first-order chi connectivity index (χ1) is 10.1. The number of benzene rings is 1. The van der Waals surface area contributed by atoms with Crippen LogP contribution in [-0.4, -0.2) is 41.0 Å². The summed E-state index contributed by atoms with van der Waals surface area (Å²) in [7, 11) is 0. The Hall–Kier alpha value is -1.65. The third-order valence-corrected chi connectivity index (χ3v) is 4.12. The summed E-state index contributed by atoms with van der Waals surface area (Å²) in [5, 5.41) is 4.87.